The van der Waals surface area contributed by atoms with Gasteiger partial charge in [0.05, 0.1) is 17.3 Å². The first-order chi connectivity index (χ1) is 13.5. The molecule has 28 heavy (non-hydrogen) atoms. The van der Waals surface area contributed by atoms with Gasteiger partial charge in [0.1, 0.15) is 17.0 Å². The molecule has 0 atom stereocenters. The number of likely N-dealkylation sites (tertiary alicyclic amines) is 1. The number of rotatable bonds is 6. The molecule has 0 aliphatic carbocycles. The fourth-order valence-electron chi connectivity index (χ4n) is 3.30. The lowest BCUT2D eigenvalue weighted by Crippen LogP contribution is -2.43. The molecule has 3 aromatic rings. The van der Waals surface area contributed by atoms with Crippen LogP contribution in [0.4, 0.5) is 0 Å². The van der Waals surface area contributed by atoms with Gasteiger partial charge < -0.3 is 13.7 Å². The predicted molar refractivity (Wildman–Crippen MR) is 106 cm³/mol. The highest BCUT2D eigenvalue weighted by molar-refractivity contribution is 7.99. The van der Waals surface area contributed by atoms with Crippen LogP contribution in [-0.2, 0) is 20.4 Å². The summed E-state index contributed by atoms with van der Waals surface area (Å²) in [6, 6.07) is 10.8. The zero-order valence-corrected chi connectivity index (χ0v) is 16.7. The normalized spacial score (nSPS) is 15.9. The van der Waals surface area contributed by atoms with Crippen LogP contribution >= 0.6 is 11.8 Å². The van der Waals surface area contributed by atoms with Crippen LogP contribution in [0.3, 0.4) is 0 Å². The molecule has 148 valence electrons. The molecule has 1 aliphatic heterocycles. The van der Waals surface area contributed by atoms with Crippen LogP contribution < -0.4 is 0 Å². The Morgan fingerprint density at radius 2 is 1.96 bits per heavy atom. The Bertz CT molecular complexity index is 1020. The summed E-state index contributed by atoms with van der Waals surface area (Å²) < 4.78 is 35.8. The summed E-state index contributed by atoms with van der Waals surface area (Å²) in [5.74, 6) is 0.547. The van der Waals surface area contributed by atoms with Crippen LogP contribution in [0, 0.1) is 0 Å². The summed E-state index contributed by atoms with van der Waals surface area (Å²) in [6.07, 6.45) is 2.37. The van der Waals surface area contributed by atoms with Gasteiger partial charge in [0.15, 0.2) is 15.4 Å². The molecular formula is C19H20N2O5S2. The second kappa shape index (κ2) is 8.00. The van der Waals surface area contributed by atoms with Crippen LogP contribution in [0.25, 0.3) is 11.1 Å². The Morgan fingerprint density at radius 3 is 2.68 bits per heavy atom. The minimum absolute atomic E-state index is 0.0332. The molecule has 0 N–H and O–H groups in total. The number of fused-ring (bicyclic) bond motifs is 1. The standard InChI is InChI=1S/C19H20N2O5S2/c22-18(12-27-19-20-16-5-1-2-6-17(16)26-19)21-9-7-15(8-10-21)28(23,24)13-14-4-3-11-25-14/h1-6,11,15H,7-10,12-13H2. The second-order valence-corrected chi connectivity index (χ2v) is 9.91. The number of carbonyl (C=O) groups is 1. The third-order valence-corrected chi connectivity index (χ3v) is 7.81. The summed E-state index contributed by atoms with van der Waals surface area (Å²) in [6.45, 7) is 0.879. The summed E-state index contributed by atoms with van der Waals surface area (Å²) in [5, 5.41) is 0.0248. The maximum absolute atomic E-state index is 12.5. The van der Waals surface area contributed by atoms with Crippen LogP contribution in [0.1, 0.15) is 18.6 Å². The number of hydrogen-bond acceptors (Lipinski definition) is 7. The largest absolute Gasteiger partial charge is 0.468 e. The number of para-hydroxylation sites is 2. The average molecular weight is 421 g/mol. The summed E-state index contributed by atoms with van der Waals surface area (Å²) >= 11 is 1.26. The van der Waals surface area contributed by atoms with E-state index < -0.39 is 15.1 Å². The molecular weight excluding hydrogens is 400 g/mol. The van der Waals surface area contributed by atoms with E-state index in [1.807, 2.05) is 24.3 Å². The van der Waals surface area contributed by atoms with Gasteiger partial charge in [0, 0.05) is 13.1 Å². The maximum atomic E-state index is 12.5. The number of amides is 1. The van der Waals surface area contributed by atoms with Crippen molar-refractivity contribution in [3.8, 4) is 0 Å². The van der Waals surface area contributed by atoms with Gasteiger partial charge in [-0.05, 0) is 37.1 Å². The number of piperidine rings is 1. The molecule has 1 aromatic carbocycles. The SMILES string of the molecule is O=C(CSc1nc2ccccc2o1)N1CCC(S(=O)(=O)Cc2ccco2)CC1. The van der Waals surface area contributed by atoms with Crippen molar-refractivity contribution >= 4 is 38.6 Å². The van der Waals surface area contributed by atoms with Crippen molar-refractivity contribution in [3.05, 3.63) is 48.4 Å². The molecule has 1 amide bonds. The highest BCUT2D eigenvalue weighted by Crippen LogP contribution is 2.25. The van der Waals surface area contributed by atoms with Gasteiger partial charge in [-0.25, -0.2) is 13.4 Å². The number of oxazole rings is 1. The van der Waals surface area contributed by atoms with Crippen molar-refractivity contribution in [2.75, 3.05) is 18.8 Å². The highest BCUT2D eigenvalue weighted by Gasteiger charge is 2.32. The molecule has 0 spiro atoms. The number of hydrogen-bond donors (Lipinski definition) is 0. The molecule has 0 saturated carbocycles. The van der Waals surface area contributed by atoms with Gasteiger partial charge in [-0.15, -0.1) is 0 Å². The third-order valence-electron chi connectivity index (χ3n) is 4.82. The lowest BCUT2D eigenvalue weighted by Gasteiger charge is -2.31. The smallest absolute Gasteiger partial charge is 0.257 e. The van der Waals surface area contributed by atoms with E-state index >= 15 is 0 Å². The van der Waals surface area contributed by atoms with E-state index in [-0.39, 0.29) is 17.4 Å². The quantitative estimate of drug-likeness (QED) is 0.566. The Hall–Kier alpha value is -2.26. The Labute approximate surface area is 167 Å². The second-order valence-electron chi connectivity index (χ2n) is 6.70. The molecule has 3 heterocycles. The summed E-state index contributed by atoms with van der Waals surface area (Å²) in [4.78, 5) is 18.5. The van der Waals surface area contributed by atoms with Gasteiger partial charge in [0.2, 0.25) is 5.91 Å². The van der Waals surface area contributed by atoms with E-state index in [2.05, 4.69) is 4.98 Å². The van der Waals surface area contributed by atoms with Crippen molar-refractivity contribution < 1.29 is 22.0 Å². The number of furan rings is 1. The molecule has 1 fully saturated rings. The maximum Gasteiger partial charge on any atom is 0.257 e. The van der Waals surface area contributed by atoms with Gasteiger partial charge in [-0.2, -0.15) is 0 Å². The number of benzene rings is 1. The number of aromatic nitrogens is 1. The minimum Gasteiger partial charge on any atom is -0.468 e. The number of thioether (sulfide) groups is 1. The first-order valence-electron chi connectivity index (χ1n) is 9.01. The molecule has 1 aliphatic rings. The minimum atomic E-state index is -3.29. The molecule has 2 aromatic heterocycles. The summed E-state index contributed by atoms with van der Waals surface area (Å²) in [5.41, 5.74) is 1.46. The van der Waals surface area contributed by atoms with E-state index in [0.717, 1.165) is 5.52 Å². The van der Waals surface area contributed by atoms with Gasteiger partial charge in [-0.3, -0.25) is 4.79 Å². The number of carbonyl (C=O) groups excluding carboxylic acids is 1. The van der Waals surface area contributed by atoms with Crippen molar-refractivity contribution in [2.24, 2.45) is 0 Å². The lowest BCUT2D eigenvalue weighted by molar-refractivity contribution is -0.129. The predicted octanol–water partition coefficient (Wildman–Crippen LogP) is 3.12. The highest BCUT2D eigenvalue weighted by atomic mass is 32.2. The van der Waals surface area contributed by atoms with Crippen molar-refractivity contribution in [2.45, 2.75) is 29.1 Å². The molecule has 9 heteroatoms. The van der Waals surface area contributed by atoms with E-state index in [1.165, 1.54) is 18.0 Å². The topological polar surface area (TPSA) is 93.6 Å². The Morgan fingerprint density at radius 1 is 1.18 bits per heavy atom. The zero-order valence-electron chi connectivity index (χ0n) is 15.1. The average Bonchev–Trinajstić information content (AvgIpc) is 3.35. The van der Waals surface area contributed by atoms with Crippen LogP contribution in [0.15, 0.2) is 56.7 Å². The van der Waals surface area contributed by atoms with Crippen LogP contribution in [0.2, 0.25) is 0 Å². The monoisotopic (exact) mass is 420 g/mol. The number of nitrogens with zero attached hydrogens (tertiary/aromatic N) is 2. The molecule has 0 unspecified atom stereocenters. The molecule has 7 nitrogen and oxygen atoms in total. The third kappa shape index (κ3) is 4.25. The lowest BCUT2D eigenvalue weighted by atomic mass is 10.1. The molecule has 4 rings (SSSR count). The Balaban J connectivity index is 1.29. The first-order valence-corrected chi connectivity index (χ1v) is 11.7. The van der Waals surface area contributed by atoms with E-state index in [0.29, 0.717) is 42.5 Å². The van der Waals surface area contributed by atoms with Crippen molar-refractivity contribution in [3.63, 3.8) is 0 Å². The Kier molecular flexibility index (Phi) is 5.45. The van der Waals surface area contributed by atoms with Crippen molar-refractivity contribution in [1.29, 1.82) is 0 Å². The molecule has 1 saturated heterocycles. The van der Waals surface area contributed by atoms with Crippen LogP contribution in [-0.4, -0.2) is 48.3 Å². The van der Waals surface area contributed by atoms with Crippen molar-refractivity contribution in [1.82, 2.24) is 9.88 Å². The summed E-state index contributed by atoms with van der Waals surface area (Å²) in [7, 11) is -3.29. The fraction of sp³-hybridized carbons (Fsp3) is 0.368. The van der Waals surface area contributed by atoms with Gasteiger partial charge in [0.25, 0.3) is 5.22 Å². The van der Waals surface area contributed by atoms with Crippen LogP contribution in [0.5, 0.6) is 0 Å². The molecule has 0 radical (unpaired) electrons. The van der Waals surface area contributed by atoms with E-state index in [1.54, 1.807) is 17.0 Å². The fourth-order valence-corrected chi connectivity index (χ4v) is 5.77. The van der Waals surface area contributed by atoms with E-state index in [9.17, 15) is 13.2 Å². The first kappa shape index (κ1) is 19.1. The molecule has 0 bridgehead atoms. The van der Waals surface area contributed by atoms with Gasteiger partial charge in [-0.1, -0.05) is 23.9 Å². The zero-order chi connectivity index (χ0) is 19.6. The number of sulfone groups is 1. The van der Waals surface area contributed by atoms with Gasteiger partial charge >= 0.3 is 0 Å². The van der Waals surface area contributed by atoms with E-state index in [4.69, 9.17) is 8.83 Å².